The lowest BCUT2D eigenvalue weighted by molar-refractivity contribution is -0.118. The van der Waals surface area contributed by atoms with Crippen molar-refractivity contribution in [1.82, 2.24) is 9.55 Å². The molecular weight excluding hydrogens is 270 g/mol. The zero-order valence-electron chi connectivity index (χ0n) is 12.0. The Morgan fingerprint density at radius 3 is 2.76 bits per heavy atom. The third-order valence-electron chi connectivity index (χ3n) is 3.35. The molecule has 0 saturated heterocycles. The van der Waals surface area contributed by atoms with E-state index >= 15 is 0 Å². The number of fused-ring (bicyclic) bond motifs is 1. The predicted octanol–water partition coefficient (Wildman–Crippen LogP) is 1.95. The van der Waals surface area contributed by atoms with E-state index < -0.39 is 5.97 Å². The van der Waals surface area contributed by atoms with Crippen LogP contribution in [0.5, 0.6) is 0 Å². The van der Waals surface area contributed by atoms with Gasteiger partial charge in [-0.1, -0.05) is 6.92 Å². The predicted molar refractivity (Wildman–Crippen MR) is 79.1 cm³/mol. The van der Waals surface area contributed by atoms with Crippen LogP contribution in [0.3, 0.4) is 0 Å². The number of amides is 1. The molecule has 6 nitrogen and oxygen atoms in total. The Morgan fingerprint density at radius 2 is 2.14 bits per heavy atom. The van der Waals surface area contributed by atoms with Gasteiger partial charge in [0, 0.05) is 19.4 Å². The number of carboxylic acid groups (broad SMARTS) is 1. The van der Waals surface area contributed by atoms with Gasteiger partial charge >= 0.3 is 5.97 Å². The van der Waals surface area contributed by atoms with Crippen LogP contribution in [0.2, 0.25) is 0 Å². The molecule has 0 saturated carbocycles. The molecule has 0 aliphatic heterocycles. The molecule has 3 N–H and O–H groups in total. The number of carboxylic acids is 1. The molecule has 0 bridgehead atoms. The van der Waals surface area contributed by atoms with E-state index in [0.29, 0.717) is 24.9 Å². The fourth-order valence-corrected chi connectivity index (χ4v) is 2.39. The molecule has 0 aliphatic carbocycles. The quantitative estimate of drug-likeness (QED) is 0.813. The molecule has 0 fully saturated rings. The minimum absolute atomic E-state index is 0.229. The highest BCUT2D eigenvalue weighted by Gasteiger charge is 2.12. The molecule has 1 heterocycles. The second-order valence-electron chi connectivity index (χ2n) is 5.01. The molecule has 0 unspecified atom stereocenters. The van der Waals surface area contributed by atoms with Crippen molar-refractivity contribution in [2.75, 3.05) is 0 Å². The number of nitrogens with two attached hydrogens (primary N) is 1. The van der Waals surface area contributed by atoms with E-state index in [4.69, 9.17) is 10.8 Å². The lowest BCUT2D eigenvalue weighted by Gasteiger charge is -2.08. The van der Waals surface area contributed by atoms with Crippen molar-refractivity contribution < 1.29 is 14.7 Å². The Hall–Kier alpha value is -2.37. The smallest absolute Gasteiger partial charge is 0.335 e. The molecule has 1 aromatic heterocycles. The summed E-state index contributed by atoms with van der Waals surface area (Å²) in [6.07, 6.45) is 2.75. The van der Waals surface area contributed by atoms with Gasteiger partial charge in [0.25, 0.3) is 0 Å². The van der Waals surface area contributed by atoms with Crippen molar-refractivity contribution in [3.8, 4) is 0 Å². The van der Waals surface area contributed by atoms with Crippen LogP contribution < -0.4 is 5.73 Å². The molecule has 2 aromatic rings. The van der Waals surface area contributed by atoms with Crippen LogP contribution in [-0.4, -0.2) is 26.5 Å². The molecule has 0 aliphatic rings. The number of carbonyl (C=O) groups excluding carboxylic acids is 1. The molecule has 2 rings (SSSR count). The lowest BCUT2D eigenvalue weighted by Crippen LogP contribution is -2.12. The Labute approximate surface area is 122 Å². The average Bonchev–Trinajstić information content (AvgIpc) is 2.76. The Bertz CT molecular complexity index is 676. The number of hydrogen-bond acceptors (Lipinski definition) is 3. The van der Waals surface area contributed by atoms with E-state index in [1.807, 2.05) is 4.57 Å². The van der Waals surface area contributed by atoms with Crippen LogP contribution in [-0.2, 0) is 17.8 Å². The van der Waals surface area contributed by atoms with Gasteiger partial charge in [-0.3, -0.25) is 4.79 Å². The third-order valence-corrected chi connectivity index (χ3v) is 3.35. The molecule has 21 heavy (non-hydrogen) atoms. The van der Waals surface area contributed by atoms with Gasteiger partial charge in [-0.15, -0.1) is 0 Å². The van der Waals surface area contributed by atoms with Crippen molar-refractivity contribution in [1.29, 1.82) is 0 Å². The minimum Gasteiger partial charge on any atom is -0.478 e. The Morgan fingerprint density at radius 1 is 1.38 bits per heavy atom. The maximum absolute atomic E-state index is 11.0. The first-order chi connectivity index (χ1) is 10.0. The first kappa shape index (κ1) is 15.0. The monoisotopic (exact) mass is 289 g/mol. The topological polar surface area (TPSA) is 98.2 Å². The molecule has 1 amide bonds. The van der Waals surface area contributed by atoms with Gasteiger partial charge in [0.1, 0.15) is 5.82 Å². The molecule has 6 heteroatoms. The van der Waals surface area contributed by atoms with Gasteiger partial charge in [0.05, 0.1) is 16.6 Å². The summed E-state index contributed by atoms with van der Waals surface area (Å²) < 4.78 is 2.05. The number of rotatable bonds is 7. The van der Waals surface area contributed by atoms with Gasteiger partial charge in [-0.05, 0) is 31.0 Å². The fourth-order valence-electron chi connectivity index (χ4n) is 2.39. The van der Waals surface area contributed by atoms with Crippen LogP contribution in [0, 0.1) is 0 Å². The van der Waals surface area contributed by atoms with Crippen molar-refractivity contribution >= 4 is 22.9 Å². The summed E-state index contributed by atoms with van der Waals surface area (Å²) in [5.74, 6) is -0.360. The summed E-state index contributed by atoms with van der Waals surface area (Å²) in [5.41, 5.74) is 6.97. The van der Waals surface area contributed by atoms with Crippen LogP contribution in [0.15, 0.2) is 18.2 Å². The number of imidazole rings is 1. The van der Waals surface area contributed by atoms with Crippen molar-refractivity contribution in [3.05, 3.63) is 29.6 Å². The molecule has 1 aromatic carbocycles. The van der Waals surface area contributed by atoms with Gasteiger partial charge in [0.15, 0.2) is 0 Å². The van der Waals surface area contributed by atoms with Crippen molar-refractivity contribution in [2.45, 2.75) is 39.2 Å². The van der Waals surface area contributed by atoms with Gasteiger partial charge < -0.3 is 15.4 Å². The molecule has 0 radical (unpaired) electrons. The van der Waals surface area contributed by atoms with Crippen LogP contribution in [0.25, 0.3) is 11.0 Å². The number of benzene rings is 1. The van der Waals surface area contributed by atoms with Crippen LogP contribution in [0.1, 0.15) is 42.4 Å². The maximum Gasteiger partial charge on any atom is 0.335 e. The summed E-state index contributed by atoms with van der Waals surface area (Å²) in [7, 11) is 0. The average molecular weight is 289 g/mol. The van der Waals surface area contributed by atoms with E-state index in [-0.39, 0.29) is 11.5 Å². The number of aromatic carboxylic acids is 1. The highest BCUT2D eigenvalue weighted by atomic mass is 16.4. The number of carbonyl (C=O) groups is 2. The van der Waals surface area contributed by atoms with Crippen molar-refractivity contribution in [2.24, 2.45) is 5.73 Å². The van der Waals surface area contributed by atoms with Crippen LogP contribution >= 0.6 is 0 Å². The van der Waals surface area contributed by atoms with E-state index in [1.54, 1.807) is 18.2 Å². The summed E-state index contributed by atoms with van der Waals surface area (Å²) in [6, 6.07) is 4.93. The molecular formula is C15H19N3O3. The highest BCUT2D eigenvalue weighted by molar-refractivity contribution is 5.92. The lowest BCUT2D eigenvalue weighted by atomic mass is 10.2. The SMILES string of the molecule is CCCc1nc2cc(C(=O)O)ccc2n1CCCC(N)=O. The summed E-state index contributed by atoms with van der Waals surface area (Å²) in [4.78, 5) is 26.4. The minimum atomic E-state index is -0.961. The maximum atomic E-state index is 11.0. The highest BCUT2D eigenvalue weighted by Crippen LogP contribution is 2.20. The molecule has 0 spiro atoms. The zero-order valence-corrected chi connectivity index (χ0v) is 12.0. The van der Waals surface area contributed by atoms with Crippen LogP contribution in [0.4, 0.5) is 0 Å². The summed E-state index contributed by atoms with van der Waals surface area (Å²) in [5, 5.41) is 9.04. The second-order valence-corrected chi connectivity index (χ2v) is 5.01. The standard InChI is InChI=1S/C15H19N3O3/c1-2-4-14-17-11-9-10(15(20)21)6-7-12(11)18(14)8-3-5-13(16)19/h6-7,9H,2-5,8H2,1H3,(H2,16,19)(H,20,21). The van der Waals surface area contributed by atoms with Gasteiger partial charge in [0.2, 0.25) is 5.91 Å². The number of aryl methyl sites for hydroxylation is 2. The summed E-state index contributed by atoms with van der Waals surface area (Å²) >= 11 is 0. The fraction of sp³-hybridized carbons (Fsp3) is 0.400. The second kappa shape index (κ2) is 6.39. The molecule has 112 valence electrons. The zero-order chi connectivity index (χ0) is 15.4. The number of nitrogens with zero attached hydrogens (tertiary/aromatic N) is 2. The normalized spacial score (nSPS) is 10.9. The van der Waals surface area contributed by atoms with E-state index in [1.165, 1.54) is 0 Å². The third kappa shape index (κ3) is 3.39. The van der Waals surface area contributed by atoms with Gasteiger partial charge in [-0.2, -0.15) is 0 Å². The Balaban J connectivity index is 2.37. The largest absolute Gasteiger partial charge is 0.478 e. The van der Waals surface area contributed by atoms with E-state index in [0.717, 1.165) is 24.2 Å². The van der Waals surface area contributed by atoms with E-state index in [2.05, 4.69) is 11.9 Å². The summed E-state index contributed by atoms with van der Waals surface area (Å²) in [6.45, 7) is 2.72. The number of aromatic nitrogens is 2. The molecule has 0 atom stereocenters. The van der Waals surface area contributed by atoms with E-state index in [9.17, 15) is 9.59 Å². The van der Waals surface area contributed by atoms with Crippen molar-refractivity contribution in [3.63, 3.8) is 0 Å². The first-order valence-corrected chi connectivity index (χ1v) is 7.03. The van der Waals surface area contributed by atoms with Gasteiger partial charge in [-0.25, -0.2) is 9.78 Å². The first-order valence-electron chi connectivity index (χ1n) is 7.03. The Kier molecular flexibility index (Phi) is 4.57. The number of primary amides is 1. The number of hydrogen-bond donors (Lipinski definition) is 2.